The molecule has 2 aromatic rings. The van der Waals surface area contributed by atoms with Crippen molar-refractivity contribution in [2.75, 3.05) is 6.61 Å². The van der Waals surface area contributed by atoms with Gasteiger partial charge in [0, 0.05) is 5.02 Å². The first-order valence-corrected chi connectivity index (χ1v) is 7.07. The highest BCUT2D eigenvalue weighted by Gasteiger charge is 2.26. The normalized spacial score (nSPS) is 16.5. The molecule has 112 valence electrons. The van der Waals surface area contributed by atoms with E-state index in [2.05, 4.69) is 10.5 Å². The molecule has 6 heteroatoms. The standard InChI is InChI=1S/C16H13ClN2O3/c17-12-5-3-4-11(8-12)9-18-19-16(20)15-10-21-13-6-1-2-7-14(13)22-15/h1-9,15H,10H2,(H,19,20)/b18-9-/t15-/m1/s1. The molecule has 1 heterocycles. The van der Waals surface area contributed by atoms with Crippen LogP contribution in [0.5, 0.6) is 11.5 Å². The number of rotatable bonds is 3. The molecule has 0 fully saturated rings. The number of nitrogens with one attached hydrogen (secondary N) is 1. The number of amides is 1. The van der Waals surface area contributed by atoms with Crippen molar-refractivity contribution in [3.63, 3.8) is 0 Å². The molecular weight excluding hydrogens is 304 g/mol. The number of benzene rings is 2. The quantitative estimate of drug-likeness (QED) is 0.699. The molecule has 0 unspecified atom stereocenters. The molecule has 1 atom stereocenters. The Morgan fingerprint density at radius 1 is 1.23 bits per heavy atom. The summed E-state index contributed by atoms with van der Waals surface area (Å²) in [7, 11) is 0. The van der Waals surface area contributed by atoms with Crippen molar-refractivity contribution >= 4 is 23.7 Å². The average Bonchev–Trinajstić information content (AvgIpc) is 2.54. The summed E-state index contributed by atoms with van der Waals surface area (Å²) in [6.45, 7) is 0.148. The van der Waals surface area contributed by atoms with Crippen LogP contribution in [-0.4, -0.2) is 24.8 Å². The fraction of sp³-hybridized carbons (Fsp3) is 0.125. The highest BCUT2D eigenvalue weighted by atomic mass is 35.5. The first kappa shape index (κ1) is 14.4. The lowest BCUT2D eigenvalue weighted by Crippen LogP contribution is -2.42. The summed E-state index contributed by atoms with van der Waals surface area (Å²) in [6, 6.07) is 14.4. The average molecular weight is 317 g/mol. The zero-order valence-electron chi connectivity index (χ0n) is 11.5. The molecule has 0 aromatic heterocycles. The largest absolute Gasteiger partial charge is 0.485 e. The van der Waals surface area contributed by atoms with Crippen LogP contribution < -0.4 is 14.9 Å². The van der Waals surface area contributed by atoms with Gasteiger partial charge in [-0.05, 0) is 29.8 Å². The summed E-state index contributed by atoms with van der Waals surface area (Å²) in [6.07, 6.45) is 0.785. The molecule has 0 saturated carbocycles. The van der Waals surface area contributed by atoms with Gasteiger partial charge in [0.1, 0.15) is 6.61 Å². The van der Waals surface area contributed by atoms with Gasteiger partial charge in [0.15, 0.2) is 11.5 Å². The van der Waals surface area contributed by atoms with E-state index in [1.807, 2.05) is 18.2 Å². The van der Waals surface area contributed by atoms with E-state index in [1.165, 1.54) is 6.21 Å². The molecule has 0 spiro atoms. The number of halogens is 1. The summed E-state index contributed by atoms with van der Waals surface area (Å²) < 4.78 is 11.1. The summed E-state index contributed by atoms with van der Waals surface area (Å²) >= 11 is 5.87. The monoisotopic (exact) mass is 316 g/mol. The minimum absolute atomic E-state index is 0.148. The van der Waals surface area contributed by atoms with Gasteiger partial charge in [0.25, 0.3) is 5.91 Å². The van der Waals surface area contributed by atoms with Crippen LogP contribution in [0.3, 0.4) is 0 Å². The van der Waals surface area contributed by atoms with Gasteiger partial charge in [0.05, 0.1) is 6.21 Å². The highest BCUT2D eigenvalue weighted by molar-refractivity contribution is 6.30. The second-order valence-corrected chi connectivity index (χ2v) is 5.09. The fourth-order valence-corrected chi connectivity index (χ4v) is 2.18. The van der Waals surface area contributed by atoms with E-state index in [9.17, 15) is 4.79 Å². The van der Waals surface area contributed by atoms with Crippen molar-refractivity contribution in [3.8, 4) is 11.5 Å². The van der Waals surface area contributed by atoms with Gasteiger partial charge >= 0.3 is 0 Å². The summed E-state index contributed by atoms with van der Waals surface area (Å²) in [5.41, 5.74) is 3.22. The van der Waals surface area contributed by atoms with E-state index in [-0.39, 0.29) is 12.5 Å². The number of hydrogen-bond donors (Lipinski definition) is 1. The SMILES string of the molecule is O=C(N/N=C\c1cccc(Cl)c1)[C@H]1COc2ccccc2O1. The molecule has 5 nitrogen and oxygen atoms in total. The van der Waals surface area contributed by atoms with E-state index >= 15 is 0 Å². The lowest BCUT2D eigenvalue weighted by Gasteiger charge is -2.24. The first-order chi connectivity index (χ1) is 10.7. The number of carbonyl (C=O) groups excluding carboxylic acids is 1. The maximum absolute atomic E-state index is 12.0. The van der Waals surface area contributed by atoms with Crippen molar-refractivity contribution in [2.45, 2.75) is 6.10 Å². The van der Waals surface area contributed by atoms with E-state index < -0.39 is 6.10 Å². The Balaban J connectivity index is 1.59. The molecular formula is C16H13ClN2O3. The summed E-state index contributed by atoms with van der Waals surface area (Å²) in [4.78, 5) is 12.0. The molecule has 1 aliphatic heterocycles. The molecule has 1 N–H and O–H groups in total. The molecule has 1 aliphatic rings. The van der Waals surface area contributed by atoms with Crippen LogP contribution in [0.4, 0.5) is 0 Å². The molecule has 0 bridgehead atoms. The topological polar surface area (TPSA) is 59.9 Å². The van der Waals surface area contributed by atoms with Gasteiger partial charge < -0.3 is 9.47 Å². The fourth-order valence-electron chi connectivity index (χ4n) is 1.98. The molecule has 1 amide bonds. The molecule has 0 aliphatic carbocycles. The highest BCUT2D eigenvalue weighted by Crippen LogP contribution is 2.30. The third-order valence-electron chi connectivity index (χ3n) is 3.04. The van der Waals surface area contributed by atoms with Crippen LogP contribution in [-0.2, 0) is 4.79 Å². The van der Waals surface area contributed by atoms with Gasteiger partial charge in [-0.2, -0.15) is 5.10 Å². The Hall–Kier alpha value is -2.53. The maximum atomic E-state index is 12.0. The number of carbonyl (C=O) groups is 1. The number of nitrogens with zero attached hydrogens (tertiary/aromatic N) is 1. The van der Waals surface area contributed by atoms with Crippen LogP contribution in [0.2, 0.25) is 5.02 Å². The van der Waals surface area contributed by atoms with E-state index in [0.717, 1.165) is 5.56 Å². The zero-order chi connectivity index (χ0) is 15.4. The van der Waals surface area contributed by atoms with Gasteiger partial charge in [-0.15, -0.1) is 0 Å². The van der Waals surface area contributed by atoms with Crippen LogP contribution in [0, 0.1) is 0 Å². The lowest BCUT2D eigenvalue weighted by atomic mass is 10.2. The molecule has 22 heavy (non-hydrogen) atoms. The molecule has 0 radical (unpaired) electrons. The smallest absolute Gasteiger partial charge is 0.284 e. The lowest BCUT2D eigenvalue weighted by molar-refractivity contribution is -0.130. The predicted molar refractivity (Wildman–Crippen MR) is 83.5 cm³/mol. The Morgan fingerprint density at radius 3 is 2.86 bits per heavy atom. The van der Waals surface area contributed by atoms with Gasteiger partial charge in [-0.25, -0.2) is 5.43 Å². The van der Waals surface area contributed by atoms with Gasteiger partial charge in [-0.3, -0.25) is 4.79 Å². The predicted octanol–water partition coefficient (Wildman–Crippen LogP) is 2.63. The van der Waals surface area contributed by atoms with Crippen LogP contribution in [0.15, 0.2) is 53.6 Å². The Labute approximate surface area is 132 Å². The van der Waals surface area contributed by atoms with E-state index in [0.29, 0.717) is 16.5 Å². The first-order valence-electron chi connectivity index (χ1n) is 6.69. The van der Waals surface area contributed by atoms with Crippen molar-refractivity contribution in [1.82, 2.24) is 5.43 Å². The van der Waals surface area contributed by atoms with Gasteiger partial charge in [-0.1, -0.05) is 35.9 Å². The molecule has 2 aromatic carbocycles. The van der Waals surface area contributed by atoms with Crippen molar-refractivity contribution in [1.29, 1.82) is 0 Å². The Kier molecular flexibility index (Phi) is 4.25. The second kappa shape index (κ2) is 6.49. The molecule has 3 rings (SSSR count). The molecule has 0 saturated heterocycles. The number of fused-ring (bicyclic) bond motifs is 1. The number of ether oxygens (including phenoxy) is 2. The minimum Gasteiger partial charge on any atom is -0.485 e. The van der Waals surface area contributed by atoms with Crippen LogP contribution in [0.25, 0.3) is 0 Å². The zero-order valence-corrected chi connectivity index (χ0v) is 12.3. The number of para-hydroxylation sites is 2. The maximum Gasteiger partial charge on any atom is 0.284 e. The van der Waals surface area contributed by atoms with Crippen molar-refractivity contribution < 1.29 is 14.3 Å². The second-order valence-electron chi connectivity index (χ2n) is 4.65. The van der Waals surface area contributed by atoms with Crippen LogP contribution in [0.1, 0.15) is 5.56 Å². The number of hydrazone groups is 1. The Bertz CT molecular complexity index is 718. The third kappa shape index (κ3) is 3.38. The van der Waals surface area contributed by atoms with Gasteiger partial charge in [0.2, 0.25) is 6.10 Å². The van der Waals surface area contributed by atoms with Crippen LogP contribution >= 0.6 is 11.6 Å². The van der Waals surface area contributed by atoms with Crippen molar-refractivity contribution in [2.24, 2.45) is 5.10 Å². The van der Waals surface area contributed by atoms with Crippen molar-refractivity contribution in [3.05, 3.63) is 59.1 Å². The summed E-state index contributed by atoms with van der Waals surface area (Å²) in [5.74, 6) is 0.814. The van der Waals surface area contributed by atoms with E-state index in [1.54, 1.807) is 30.3 Å². The minimum atomic E-state index is -0.730. The summed E-state index contributed by atoms with van der Waals surface area (Å²) in [5, 5.41) is 4.50. The third-order valence-corrected chi connectivity index (χ3v) is 3.27. The Morgan fingerprint density at radius 2 is 2.05 bits per heavy atom. The van der Waals surface area contributed by atoms with E-state index in [4.69, 9.17) is 21.1 Å². The number of hydrogen-bond acceptors (Lipinski definition) is 4.